The SMILES string of the molecule is Cc1cc(O)c([C@H](N)CN)c(C)c1[N+](=O)[O-]. The molecule has 0 fully saturated rings. The largest absolute Gasteiger partial charge is 0.508 e. The van der Waals surface area contributed by atoms with E-state index in [0.717, 1.165) is 0 Å². The van der Waals surface area contributed by atoms with E-state index in [0.29, 0.717) is 16.7 Å². The Bertz CT molecular complexity index is 432. The Morgan fingerprint density at radius 3 is 2.56 bits per heavy atom. The average Bonchev–Trinajstić information content (AvgIpc) is 2.15. The van der Waals surface area contributed by atoms with Gasteiger partial charge in [-0.3, -0.25) is 10.1 Å². The molecule has 0 aliphatic carbocycles. The lowest BCUT2D eigenvalue weighted by molar-refractivity contribution is -0.386. The van der Waals surface area contributed by atoms with Gasteiger partial charge in [0.1, 0.15) is 5.75 Å². The summed E-state index contributed by atoms with van der Waals surface area (Å²) < 4.78 is 0. The topological polar surface area (TPSA) is 115 Å². The molecular weight excluding hydrogens is 210 g/mol. The Balaban J connectivity index is 3.51. The number of hydrogen-bond donors (Lipinski definition) is 3. The summed E-state index contributed by atoms with van der Waals surface area (Å²) in [5.74, 6) is -0.0430. The summed E-state index contributed by atoms with van der Waals surface area (Å²) in [6.07, 6.45) is 0. The molecule has 0 aliphatic heterocycles. The number of nitro benzene ring substituents is 1. The number of nitrogens with zero attached hydrogens (tertiary/aromatic N) is 1. The van der Waals surface area contributed by atoms with Gasteiger partial charge in [-0.25, -0.2) is 0 Å². The summed E-state index contributed by atoms with van der Waals surface area (Å²) in [4.78, 5) is 10.4. The molecular formula is C10H15N3O3. The number of nitro groups is 1. The lowest BCUT2D eigenvalue weighted by Gasteiger charge is -2.15. The minimum Gasteiger partial charge on any atom is -0.508 e. The van der Waals surface area contributed by atoms with Crippen LogP contribution in [0.5, 0.6) is 5.75 Å². The van der Waals surface area contributed by atoms with Crippen LogP contribution < -0.4 is 11.5 Å². The zero-order valence-corrected chi connectivity index (χ0v) is 9.23. The van der Waals surface area contributed by atoms with Crippen LogP contribution in [0.15, 0.2) is 6.07 Å². The maximum Gasteiger partial charge on any atom is 0.275 e. The number of nitrogens with two attached hydrogens (primary N) is 2. The molecule has 6 nitrogen and oxygen atoms in total. The van der Waals surface area contributed by atoms with Crippen molar-refractivity contribution in [2.75, 3.05) is 6.54 Å². The molecule has 0 bridgehead atoms. The van der Waals surface area contributed by atoms with Crippen LogP contribution in [0, 0.1) is 24.0 Å². The van der Waals surface area contributed by atoms with Crippen molar-refractivity contribution in [3.8, 4) is 5.75 Å². The van der Waals surface area contributed by atoms with Gasteiger partial charge < -0.3 is 16.6 Å². The van der Waals surface area contributed by atoms with Crippen LogP contribution in [-0.4, -0.2) is 16.6 Å². The number of phenols is 1. The van der Waals surface area contributed by atoms with Crippen molar-refractivity contribution in [3.63, 3.8) is 0 Å². The van der Waals surface area contributed by atoms with Crippen molar-refractivity contribution in [2.45, 2.75) is 19.9 Å². The van der Waals surface area contributed by atoms with Gasteiger partial charge in [0.05, 0.1) is 4.92 Å². The van der Waals surface area contributed by atoms with E-state index >= 15 is 0 Å². The fourth-order valence-corrected chi connectivity index (χ4v) is 1.83. The fourth-order valence-electron chi connectivity index (χ4n) is 1.83. The highest BCUT2D eigenvalue weighted by atomic mass is 16.6. The van der Waals surface area contributed by atoms with Crippen LogP contribution in [0.1, 0.15) is 22.7 Å². The van der Waals surface area contributed by atoms with Gasteiger partial charge in [-0.2, -0.15) is 0 Å². The van der Waals surface area contributed by atoms with Crippen molar-refractivity contribution in [3.05, 3.63) is 32.9 Å². The minimum absolute atomic E-state index is 0.0169. The molecule has 6 heteroatoms. The van der Waals surface area contributed by atoms with Gasteiger partial charge in [0, 0.05) is 29.3 Å². The van der Waals surface area contributed by atoms with E-state index in [1.54, 1.807) is 13.8 Å². The van der Waals surface area contributed by atoms with Gasteiger partial charge in [0.2, 0.25) is 0 Å². The third kappa shape index (κ3) is 1.98. The van der Waals surface area contributed by atoms with Gasteiger partial charge in [-0.15, -0.1) is 0 Å². The standard InChI is InChI=1S/C10H15N3O3/c1-5-3-8(14)9(7(12)4-11)6(2)10(5)13(15)16/h3,7,14H,4,11-12H2,1-2H3/t7-/m1/s1. The summed E-state index contributed by atoms with van der Waals surface area (Å²) in [5.41, 5.74) is 12.2. The lowest BCUT2D eigenvalue weighted by Crippen LogP contribution is -2.22. The van der Waals surface area contributed by atoms with Gasteiger partial charge in [-0.05, 0) is 19.9 Å². The van der Waals surface area contributed by atoms with Crippen molar-refractivity contribution >= 4 is 5.69 Å². The first kappa shape index (κ1) is 12.4. The second kappa shape index (κ2) is 4.46. The number of rotatable bonds is 3. The fraction of sp³-hybridized carbons (Fsp3) is 0.400. The van der Waals surface area contributed by atoms with Crippen LogP contribution in [0.4, 0.5) is 5.69 Å². The van der Waals surface area contributed by atoms with E-state index in [1.165, 1.54) is 6.07 Å². The molecule has 0 aromatic heterocycles. The Morgan fingerprint density at radius 2 is 2.12 bits per heavy atom. The molecule has 0 saturated heterocycles. The zero-order valence-electron chi connectivity index (χ0n) is 9.23. The number of benzene rings is 1. The van der Waals surface area contributed by atoms with Crippen LogP contribution in [0.2, 0.25) is 0 Å². The Labute approximate surface area is 93.0 Å². The first-order chi connectivity index (χ1) is 7.40. The lowest BCUT2D eigenvalue weighted by atomic mass is 9.96. The Kier molecular flexibility index (Phi) is 3.46. The monoisotopic (exact) mass is 225 g/mol. The first-order valence-corrected chi connectivity index (χ1v) is 4.83. The molecule has 1 atom stereocenters. The highest BCUT2D eigenvalue weighted by Crippen LogP contribution is 2.35. The smallest absolute Gasteiger partial charge is 0.275 e. The third-order valence-electron chi connectivity index (χ3n) is 2.57. The van der Waals surface area contributed by atoms with Crippen LogP contribution in [-0.2, 0) is 0 Å². The van der Waals surface area contributed by atoms with Gasteiger partial charge in [-0.1, -0.05) is 0 Å². The molecule has 0 spiro atoms. The Morgan fingerprint density at radius 1 is 1.56 bits per heavy atom. The zero-order chi connectivity index (χ0) is 12.5. The van der Waals surface area contributed by atoms with E-state index in [-0.39, 0.29) is 18.0 Å². The maximum atomic E-state index is 10.9. The molecule has 0 amide bonds. The summed E-state index contributed by atoms with van der Waals surface area (Å²) in [6.45, 7) is 3.26. The molecule has 0 aliphatic rings. The summed E-state index contributed by atoms with van der Waals surface area (Å²) in [5, 5.41) is 20.6. The van der Waals surface area contributed by atoms with E-state index in [9.17, 15) is 15.2 Å². The minimum atomic E-state index is -0.598. The van der Waals surface area contributed by atoms with Crippen molar-refractivity contribution < 1.29 is 10.0 Å². The molecule has 0 saturated carbocycles. The van der Waals surface area contributed by atoms with Crippen LogP contribution in [0.25, 0.3) is 0 Å². The summed E-state index contributed by atoms with van der Waals surface area (Å²) in [7, 11) is 0. The van der Waals surface area contributed by atoms with Crippen molar-refractivity contribution in [1.82, 2.24) is 0 Å². The molecule has 0 unspecified atom stereocenters. The summed E-state index contributed by atoms with van der Waals surface area (Å²) in [6, 6.07) is 0.745. The second-order valence-corrected chi connectivity index (χ2v) is 3.70. The van der Waals surface area contributed by atoms with E-state index in [1.807, 2.05) is 0 Å². The second-order valence-electron chi connectivity index (χ2n) is 3.70. The molecule has 1 rings (SSSR count). The maximum absolute atomic E-state index is 10.9. The molecule has 1 aromatic rings. The normalized spacial score (nSPS) is 12.5. The quantitative estimate of drug-likeness (QED) is 0.521. The molecule has 88 valence electrons. The Hall–Kier alpha value is -1.66. The number of aromatic hydroxyl groups is 1. The van der Waals surface area contributed by atoms with Gasteiger partial charge in [0.25, 0.3) is 5.69 Å². The van der Waals surface area contributed by atoms with E-state index < -0.39 is 11.0 Å². The number of phenolic OH excluding ortho intramolecular Hbond substituents is 1. The average molecular weight is 225 g/mol. The van der Waals surface area contributed by atoms with Gasteiger partial charge >= 0.3 is 0 Å². The third-order valence-corrected chi connectivity index (χ3v) is 2.57. The van der Waals surface area contributed by atoms with Crippen LogP contribution in [0.3, 0.4) is 0 Å². The highest BCUT2D eigenvalue weighted by Gasteiger charge is 2.23. The number of aryl methyl sites for hydroxylation is 1. The molecule has 5 N–H and O–H groups in total. The van der Waals surface area contributed by atoms with Crippen LogP contribution >= 0.6 is 0 Å². The van der Waals surface area contributed by atoms with Gasteiger partial charge in [0.15, 0.2) is 0 Å². The molecule has 0 radical (unpaired) electrons. The first-order valence-electron chi connectivity index (χ1n) is 4.83. The van der Waals surface area contributed by atoms with E-state index in [4.69, 9.17) is 11.5 Å². The van der Waals surface area contributed by atoms with Crippen molar-refractivity contribution in [1.29, 1.82) is 0 Å². The molecule has 1 aromatic carbocycles. The highest BCUT2D eigenvalue weighted by molar-refractivity contribution is 5.57. The molecule has 0 heterocycles. The number of hydrogen-bond acceptors (Lipinski definition) is 5. The van der Waals surface area contributed by atoms with E-state index in [2.05, 4.69) is 0 Å². The summed E-state index contributed by atoms with van der Waals surface area (Å²) >= 11 is 0. The predicted octanol–water partition coefficient (Wildman–Crippen LogP) is 0.876. The predicted molar refractivity (Wildman–Crippen MR) is 60.2 cm³/mol. The molecule has 16 heavy (non-hydrogen) atoms. The van der Waals surface area contributed by atoms with Crippen molar-refractivity contribution in [2.24, 2.45) is 11.5 Å².